The number of esters is 1. The van der Waals surface area contributed by atoms with Crippen molar-refractivity contribution >= 4 is 35.9 Å². The minimum Gasteiger partial charge on any atom is -0.466 e. The van der Waals surface area contributed by atoms with E-state index in [4.69, 9.17) is 4.74 Å². The Hall–Kier alpha value is -2.10. The number of likely N-dealkylation sites (tertiary alicyclic amines) is 1. The van der Waals surface area contributed by atoms with E-state index in [9.17, 15) is 4.79 Å². The Kier molecular flexibility index (Phi) is 9.43. The Balaban J connectivity index is 0.00000300. The summed E-state index contributed by atoms with van der Waals surface area (Å²) < 4.78 is 7.06. The average molecular weight is 511 g/mol. The number of carbonyl (C=O) groups is 1. The van der Waals surface area contributed by atoms with Gasteiger partial charge in [-0.05, 0) is 37.0 Å². The van der Waals surface area contributed by atoms with Crippen LogP contribution < -0.4 is 5.32 Å². The Morgan fingerprint density at radius 1 is 1.28 bits per heavy atom. The first-order chi connectivity index (χ1) is 13.7. The Bertz CT molecular complexity index is 786. The van der Waals surface area contributed by atoms with Crippen molar-refractivity contribution in [1.29, 1.82) is 0 Å². The molecule has 1 aliphatic heterocycles. The summed E-state index contributed by atoms with van der Waals surface area (Å²) in [5, 5.41) is 7.71. The highest BCUT2D eigenvalue weighted by molar-refractivity contribution is 14.0. The van der Waals surface area contributed by atoms with Crippen molar-refractivity contribution in [2.75, 3.05) is 26.7 Å². The van der Waals surface area contributed by atoms with E-state index in [-0.39, 0.29) is 35.9 Å². The molecule has 1 aliphatic rings. The zero-order chi connectivity index (χ0) is 19.8. The number of ether oxygens (including phenoxy) is 1. The molecule has 0 unspecified atom stereocenters. The molecular weight excluding hydrogens is 481 g/mol. The predicted molar refractivity (Wildman–Crippen MR) is 124 cm³/mol. The molecule has 1 N–H and O–H groups in total. The number of aliphatic imine (C=N–C) groups is 1. The first kappa shape index (κ1) is 23.2. The lowest BCUT2D eigenvalue weighted by atomic mass is 9.97. The topological polar surface area (TPSA) is 71.8 Å². The van der Waals surface area contributed by atoms with E-state index in [1.54, 1.807) is 13.2 Å². The van der Waals surface area contributed by atoms with E-state index >= 15 is 0 Å². The SMILES string of the molecule is CCOC(=O)C1CCN(C(=NC)NCc2cccc(Cn3cccn3)c2)CC1.I. The number of piperidine rings is 1. The molecule has 0 aliphatic carbocycles. The summed E-state index contributed by atoms with van der Waals surface area (Å²) in [5.74, 6) is 0.812. The van der Waals surface area contributed by atoms with Crippen molar-refractivity contribution in [1.82, 2.24) is 20.0 Å². The number of nitrogens with zero attached hydrogens (tertiary/aromatic N) is 4. The normalized spacial score (nSPS) is 15.0. The van der Waals surface area contributed by atoms with Gasteiger partial charge in [0.15, 0.2) is 5.96 Å². The second-order valence-electron chi connectivity index (χ2n) is 6.94. The second-order valence-corrected chi connectivity index (χ2v) is 6.94. The van der Waals surface area contributed by atoms with Crippen LogP contribution in [0.2, 0.25) is 0 Å². The smallest absolute Gasteiger partial charge is 0.309 e. The van der Waals surface area contributed by atoms with Crippen molar-refractivity contribution < 1.29 is 9.53 Å². The fraction of sp³-hybridized carbons (Fsp3) is 0.476. The molecule has 0 amide bonds. The van der Waals surface area contributed by atoms with Gasteiger partial charge in [-0.15, -0.1) is 24.0 Å². The van der Waals surface area contributed by atoms with E-state index < -0.39 is 0 Å². The van der Waals surface area contributed by atoms with Gasteiger partial charge in [0.1, 0.15) is 0 Å². The lowest BCUT2D eigenvalue weighted by molar-refractivity contribution is -0.149. The molecule has 1 aromatic heterocycles. The van der Waals surface area contributed by atoms with Crippen LogP contribution in [0.25, 0.3) is 0 Å². The molecule has 158 valence electrons. The summed E-state index contributed by atoms with van der Waals surface area (Å²) in [4.78, 5) is 18.5. The maximum absolute atomic E-state index is 11.9. The van der Waals surface area contributed by atoms with Crippen LogP contribution in [0.1, 0.15) is 30.9 Å². The summed E-state index contributed by atoms with van der Waals surface area (Å²) in [6.45, 7) is 5.38. The van der Waals surface area contributed by atoms with Crippen molar-refractivity contribution in [3.05, 3.63) is 53.9 Å². The first-order valence-electron chi connectivity index (χ1n) is 9.87. The highest BCUT2D eigenvalue weighted by Crippen LogP contribution is 2.19. The summed E-state index contributed by atoms with van der Waals surface area (Å²) >= 11 is 0. The number of aromatic nitrogens is 2. The minimum atomic E-state index is -0.0703. The average Bonchev–Trinajstić information content (AvgIpc) is 3.22. The number of rotatable bonds is 6. The third-order valence-corrected chi connectivity index (χ3v) is 4.97. The molecular formula is C21H30IN5O2. The van der Waals surface area contributed by atoms with Gasteiger partial charge in [0.2, 0.25) is 0 Å². The summed E-state index contributed by atoms with van der Waals surface area (Å²) in [5.41, 5.74) is 2.42. The molecule has 2 heterocycles. The molecule has 0 spiro atoms. The van der Waals surface area contributed by atoms with Crippen LogP contribution >= 0.6 is 24.0 Å². The van der Waals surface area contributed by atoms with Gasteiger partial charge in [0.05, 0.1) is 19.1 Å². The van der Waals surface area contributed by atoms with Crippen LogP contribution in [0, 0.1) is 5.92 Å². The third-order valence-electron chi connectivity index (χ3n) is 4.97. The Morgan fingerprint density at radius 2 is 2.03 bits per heavy atom. The van der Waals surface area contributed by atoms with Crippen molar-refractivity contribution in [2.24, 2.45) is 10.9 Å². The highest BCUT2D eigenvalue weighted by Gasteiger charge is 2.27. The molecule has 29 heavy (non-hydrogen) atoms. The summed E-state index contributed by atoms with van der Waals surface area (Å²) in [7, 11) is 1.80. The van der Waals surface area contributed by atoms with E-state index in [0.29, 0.717) is 13.2 Å². The molecule has 3 rings (SSSR count). The van der Waals surface area contributed by atoms with Crippen molar-refractivity contribution in [2.45, 2.75) is 32.9 Å². The van der Waals surface area contributed by atoms with Crippen LogP contribution in [0.5, 0.6) is 0 Å². The Morgan fingerprint density at radius 3 is 2.69 bits per heavy atom. The molecule has 0 atom stereocenters. The molecule has 0 bridgehead atoms. The van der Waals surface area contributed by atoms with Gasteiger partial charge in [-0.25, -0.2) is 0 Å². The highest BCUT2D eigenvalue weighted by atomic mass is 127. The van der Waals surface area contributed by atoms with Gasteiger partial charge in [0.25, 0.3) is 0 Å². The molecule has 1 fully saturated rings. The second kappa shape index (κ2) is 11.8. The fourth-order valence-corrected chi connectivity index (χ4v) is 3.52. The van der Waals surface area contributed by atoms with E-state index in [0.717, 1.165) is 38.4 Å². The number of hydrogen-bond acceptors (Lipinski definition) is 4. The van der Waals surface area contributed by atoms with Crippen LogP contribution in [-0.4, -0.2) is 53.4 Å². The standard InChI is InChI=1S/C21H29N5O2.HI/c1-3-28-20(27)19-8-12-25(13-9-19)21(22-2)23-15-17-6-4-7-18(14-17)16-26-11-5-10-24-26;/h4-7,10-11,14,19H,3,8-9,12-13,15-16H2,1-2H3,(H,22,23);1H. The van der Waals surface area contributed by atoms with Gasteiger partial charge in [-0.2, -0.15) is 5.10 Å². The third kappa shape index (κ3) is 6.73. The van der Waals surface area contributed by atoms with Crippen LogP contribution in [-0.2, 0) is 22.6 Å². The lowest BCUT2D eigenvalue weighted by Crippen LogP contribution is -2.46. The van der Waals surface area contributed by atoms with E-state index in [2.05, 4.69) is 44.6 Å². The fourth-order valence-electron chi connectivity index (χ4n) is 3.52. The van der Waals surface area contributed by atoms with E-state index in [1.807, 2.05) is 23.9 Å². The molecule has 1 saturated heterocycles. The number of carbonyl (C=O) groups excluding carboxylic acids is 1. The maximum atomic E-state index is 11.9. The summed E-state index contributed by atoms with van der Waals surface area (Å²) in [6, 6.07) is 10.4. The zero-order valence-electron chi connectivity index (χ0n) is 17.1. The predicted octanol–water partition coefficient (Wildman–Crippen LogP) is 2.90. The molecule has 0 saturated carbocycles. The number of nitrogens with one attached hydrogen (secondary N) is 1. The number of hydrogen-bond donors (Lipinski definition) is 1. The molecule has 0 radical (unpaired) electrons. The lowest BCUT2D eigenvalue weighted by Gasteiger charge is -2.33. The summed E-state index contributed by atoms with van der Waals surface area (Å²) in [6.07, 6.45) is 5.37. The Labute approximate surface area is 189 Å². The van der Waals surface area contributed by atoms with E-state index in [1.165, 1.54) is 11.1 Å². The monoisotopic (exact) mass is 511 g/mol. The molecule has 8 heteroatoms. The molecule has 7 nitrogen and oxygen atoms in total. The number of guanidine groups is 1. The van der Waals surface area contributed by atoms with Crippen LogP contribution in [0.3, 0.4) is 0 Å². The van der Waals surface area contributed by atoms with Crippen LogP contribution in [0.4, 0.5) is 0 Å². The largest absolute Gasteiger partial charge is 0.466 e. The van der Waals surface area contributed by atoms with Crippen molar-refractivity contribution in [3.8, 4) is 0 Å². The van der Waals surface area contributed by atoms with Gasteiger partial charge in [-0.1, -0.05) is 24.3 Å². The number of halogens is 1. The van der Waals surface area contributed by atoms with Gasteiger partial charge >= 0.3 is 5.97 Å². The van der Waals surface area contributed by atoms with Gasteiger partial charge in [-0.3, -0.25) is 14.5 Å². The van der Waals surface area contributed by atoms with Gasteiger partial charge < -0.3 is 15.0 Å². The first-order valence-corrected chi connectivity index (χ1v) is 9.87. The quantitative estimate of drug-likeness (QED) is 0.280. The maximum Gasteiger partial charge on any atom is 0.309 e. The number of benzene rings is 1. The zero-order valence-corrected chi connectivity index (χ0v) is 19.4. The molecule has 1 aromatic carbocycles. The van der Waals surface area contributed by atoms with Crippen LogP contribution in [0.15, 0.2) is 47.7 Å². The molecule has 2 aromatic rings. The van der Waals surface area contributed by atoms with Gasteiger partial charge in [0, 0.05) is 39.1 Å². The minimum absolute atomic E-state index is 0. The van der Waals surface area contributed by atoms with Crippen molar-refractivity contribution in [3.63, 3.8) is 0 Å².